The molecule has 20 heavy (non-hydrogen) atoms. The van der Waals surface area contributed by atoms with E-state index in [9.17, 15) is 9.18 Å². The van der Waals surface area contributed by atoms with Gasteiger partial charge < -0.3 is 4.90 Å². The van der Waals surface area contributed by atoms with E-state index < -0.39 is 0 Å². The Morgan fingerprint density at radius 2 is 1.80 bits per heavy atom. The molecule has 2 aromatic rings. The summed E-state index contributed by atoms with van der Waals surface area (Å²) in [5.41, 5.74) is 2.41. The van der Waals surface area contributed by atoms with Crippen molar-refractivity contribution in [3.8, 4) is 0 Å². The minimum absolute atomic E-state index is 0.0713. The summed E-state index contributed by atoms with van der Waals surface area (Å²) in [5.74, 6) is -0.356. The van der Waals surface area contributed by atoms with Gasteiger partial charge in [0, 0.05) is 25.3 Å². The molecular weight excluding hydrogens is 253 g/mol. The van der Waals surface area contributed by atoms with E-state index in [1.165, 1.54) is 18.2 Å². The van der Waals surface area contributed by atoms with Crippen molar-refractivity contribution in [1.82, 2.24) is 0 Å². The van der Waals surface area contributed by atoms with E-state index in [0.29, 0.717) is 5.56 Å². The summed E-state index contributed by atoms with van der Waals surface area (Å²) in [5, 5.41) is 0. The van der Waals surface area contributed by atoms with Crippen LogP contribution in [-0.4, -0.2) is 19.9 Å². The van der Waals surface area contributed by atoms with Gasteiger partial charge in [0.1, 0.15) is 5.82 Å². The molecule has 0 heterocycles. The van der Waals surface area contributed by atoms with Crippen molar-refractivity contribution in [2.75, 3.05) is 19.0 Å². The predicted octanol–water partition coefficient (Wildman–Crippen LogP) is 3.79. The maximum atomic E-state index is 12.8. The summed E-state index contributed by atoms with van der Waals surface area (Å²) < 4.78 is 12.8. The molecule has 0 saturated heterocycles. The van der Waals surface area contributed by atoms with Gasteiger partial charge in [0.25, 0.3) is 0 Å². The van der Waals surface area contributed by atoms with Gasteiger partial charge in [-0.3, -0.25) is 4.79 Å². The molecule has 0 fully saturated rings. The van der Waals surface area contributed by atoms with Crippen molar-refractivity contribution in [3.63, 3.8) is 0 Å². The quantitative estimate of drug-likeness (QED) is 0.621. The Kier molecular flexibility index (Phi) is 4.31. The topological polar surface area (TPSA) is 20.3 Å². The fraction of sp³-hybridized carbons (Fsp3) is 0.118. The largest absolute Gasteiger partial charge is 0.378 e. The number of allylic oxidation sites excluding steroid dienone is 1. The van der Waals surface area contributed by atoms with Crippen molar-refractivity contribution >= 4 is 17.5 Å². The van der Waals surface area contributed by atoms with Gasteiger partial charge in [-0.2, -0.15) is 0 Å². The summed E-state index contributed by atoms with van der Waals surface area (Å²) in [7, 11) is 3.86. The molecule has 0 aliphatic heterocycles. The van der Waals surface area contributed by atoms with Crippen LogP contribution in [-0.2, 0) is 0 Å². The van der Waals surface area contributed by atoms with Gasteiger partial charge >= 0.3 is 0 Å². The molecule has 0 saturated carbocycles. The Morgan fingerprint density at radius 3 is 2.45 bits per heavy atom. The molecule has 0 N–H and O–H groups in total. The van der Waals surface area contributed by atoms with Crippen LogP contribution in [0.5, 0.6) is 0 Å². The van der Waals surface area contributed by atoms with Gasteiger partial charge in [-0.05, 0) is 35.9 Å². The van der Waals surface area contributed by atoms with Crippen LogP contribution in [0.2, 0.25) is 0 Å². The van der Waals surface area contributed by atoms with Gasteiger partial charge in [0.05, 0.1) is 0 Å². The molecule has 0 atom stereocenters. The second-order valence-electron chi connectivity index (χ2n) is 4.69. The molecule has 0 radical (unpaired) electrons. The number of nitrogens with zero attached hydrogens (tertiary/aromatic N) is 1. The lowest BCUT2D eigenvalue weighted by atomic mass is 10.1. The van der Waals surface area contributed by atoms with Crippen molar-refractivity contribution in [2.45, 2.75) is 0 Å². The summed E-state index contributed by atoms with van der Waals surface area (Å²) in [4.78, 5) is 14.0. The van der Waals surface area contributed by atoms with Crippen LogP contribution in [0.15, 0.2) is 54.6 Å². The van der Waals surface area contributed by atoms with Gasteiger partial charge in [-0.1, -0.05) is 30.3 Å². The number of hydrogen-bond donors (Lipinski definition) is 0. The lowest BCUT2D eigenvalue weighted by Gasteiger charge is -2.12. The average Bonchev–Trinajstić information content (AvgIpc) is 2.46. The van der Waals surface area contributed by atoms with E-state index in [1.807, 2.05) is 37.2 Å². The number of rotatable bonds is 4. The minimum Gasteiger partial charge on any atom is -0.378 e. The molecule has 2 aromatic carbocycles. The zero-order valence-electron chi connectivity index (χ0n) is 11.5. The molecular formula is C17H16FNO. The number of carbonyl (C=O) groups excluding carboxylic acids is 1. The van der Waals surface area contributed by atoms with Gasteiger partial charge in [0.15, 0.2) is 5.78 Å². The Hall–Kier alpha value is -2.42. The van der Waals surface area contributed by atoms with E-state index in [-0.39, 0.29) is 11.6 Å². The highest BCUT2D eigenvalue weighted by Crippen LogP contribution is 2.14. The maximum absolute atomic E-state index is 12.8. The third-order valence-corrected chi connectivity index (χ3v) is 2.94. The van der Waals surface area contributed by atoms with Gasteiger partial charge in [-0.25, -0.2) is 4.39 Å². The van der Waals surface area contributed by atoms with E-state index in [4.69, 9.17) is 0 Å². The fourth-order valence-electron chi connectivity index (χ4n) is 1.78. The second-order valence-corrected chi connectivity index (χ2v) is 4.69. The van der Waals surface area contributed by atoms with Crippen molar-refractivity contribution in [3.05, 3.63) is 71.6 Å². The van der Waals surface area contributed by atoms with Crippen LogP contribution in [0.25, 0.3) is 6.08 Å². The van der Waals surface area contributed by atoms with Crippen LogP contribution in [0.1, 0.15) is 15.9 Å². The normalized spacial score (nSPS) is 10.8. The van der Waals surface area contributed by atoms with E-state index in [1.54, 1.807) is 24.3 Å². The molecule has 0 aliphatic carbocycles. The molecule has 0 unspecified atom stereocenters. The van der Waals surface area contributed by atoms with Crippen molar-refractivity contribution in [1.29, 1.82) is 0 Å². The lowest BCUT2D eigenvalue weighted by molar-refractivity contribution is 0.104. The summed E-state index contributed by atoms with van der Waals surface area (Å²) in [6.07, 6.45) is 3.19. The van der Waals surface area contributed by atoms with Crippen molar-refractivity contribution < 1.29 is 9.18 Å². The SMILES string of the molecule is CN(C)c1cccc(C(=O)C=Cc2ccc(F)cc2)c1. The van der Waals surface area contributed by atoms with Gasteiger partial charge in [0.2, 0.25) is 0 Å². The second kappa shape index (κ2) is 6.15. The number of anilines is 1. The molecule has 0 aliphatic rings. The van der Waals surface area contributed by atoms with Crippen LogP contribution >= 0.6 is 0 Å². The van der Waals surface area contributed by atoms with Crippen LogP contribution in [0, 0.1) is 5.82 Å². The molecule has 0 aromatic heterocycles. The smallest absolute Gasteiger partial charge is 0.185 e. The summed E-state index contributed by atoms with van der Waals surface area (Å²) in [6.45, 7) is 0. The zero-order chi connectivity index (χ0) is 14.5. The summed E-state index contributed by atoms with van der Waals surface area (Å²) >= 11 is 0. The number of ketones is 1. The van der Waals surface area contributed by atoms with Crippen LogP contribution in [0.3, 0.4) is 0 Å². The minimum atomic E-state index is -0.285. The molecule has 102 valence electrons. The van der Waals surface area contributed by atoms with Crippen molar-refractivity contribution in [2.24, 2.45) is 0 Å². The first-order chi connectivity index (χ1) is 9.56. The van der Waals surface area contributed by atoms with Crippen LogP contribution in [0.4, 0.5) is 10.1 Å². The predicted molar refractivity (Wildman–Crippen MR) is 80.5 cm³/mol. The molecule has 2 nitrogen and oxygen atoms in total. The third-order valence-electron chi connectivity index (χ3n) is 2.94. The monoisotopic (exact) mass is 269 g/mol. The first kappa shape index (κ1) is 14.0. The Morgan fingerprint density at radius 1 is 1.10 bits per heavy atom. The maximum Gasteiger partial charge on any atom is 0.185 e. The Balaban J connectivity index is 2.15. The summed E-state index contributed by atoms with van der Waals surface area (Å²) in [6, 6.07) is 13.4. The molecule has 2 rings (SSSR count). The highest BCUT2D eigenvalue weighted by atomic mass is 19.1. The first-order valence-electron chi connectivity index (χ1n) is 6.31. The molecule has 3 heteroatoms. The Labute approximate surface area is 118 Å². The first-order valence-corrected chi connectivity index (χ1v) is 6.31. The highest BCUT2D eigenvalue weighted by Gasteiger charge is 2.03. The lowest BCUT2D eigenvalue weighted by Crippen LogP contribution is -2.09. The van der Waals surface area contributed by atoms with E-state index in [2.05, 4.69) is 0 Å². The number of benzene rings is 2. The average molecular weight is 269 g/mol. The van der Waals surface area contributed by atoms with Gasteiger partial charge in [-0.15, -0.1) is 0 Å². The fourth-order valence-corrected chi connectivity index (χ4v) is 1.78. The third kappa shape index (κ3) is 3.54. The highest BCUT2D eigenvalue weighted by molar-refractivity contribution is 6.07. The number of hydrogen-bond acceptors (Lipinski definition) is 2. The number of carbonyl (C=O) groups is 1. The standard InChI is InChI=1S/C17H16FNO/c1-19(2)16-5-3-4-14(12-16)17(20)11-8-13-6-9-15(18)10-7-13/h3-12H,1-2H3. The Bertz CT molecular complexity index is 630. The molecule has 0 spiro atoms. The van der Waals surface area contributed by atoms with E-state index >= 15 is 0 Å². The van der Waals surface area contributed by atoms with E-state index in [0.717, 1.165) is 11.3 Å². The zero-order valence-corrected chi connectivity index (χ0v) is 11.5. The van der Waals surface area contributed by atoms with Crippen LogP contribution < -0.4 is 4.90 Å². The molecule has 0 bridgehead atoms. The molecule has 0 amide bonds. The number of halogens is 1.